The maximum atomic E-state index is 2.59. The molecular formula is C11H21N. The lowest BCUT2D eigenvalue weighted by atomic mass is 9.82. The molecule has 70 valence electrons. The number of piperidine rings is 1. The van der Waals surface area contributed by atoms with Gasteiger partial charge < -0.3 is 4.90 Å². The molecule has 0 radical (unpaired) electrons. The highest BCUT2D eigenvalue weighted by Crippen LogP contribution is 2.42. The fourth-order valence-electron chi connectivity index (χ4n) is 3.22. The molecule has 2 aliphatic heterocycles. The third kappa shape index (κ3) is 1.52. The molecule has 0 N–H and O–H groups in total. The second-order valence-corrected chi connectivity index (χ2v) is 5.61. The average molecular weight is 167 g/mol. The standard InChI is InChI=1S/C11H21N/c1-11(2)6-9-4-5-10(7-11)12(3)8-9/h9-10H,4-8H2,1-3H3. The largest absolute Gasteiger partial charge is 0.303 e. The summed E-state index contributed by atoms with van der Waals surface area (Å²) in [4.78, 5) is 2.59. The van der Waals surface area contributed by atoms with E-state index in [0.717, 1.165) is 12.0 Å². The molecule has 2 bridgehead atoms. The first-order valence-corrected chi connectivity index (χ1v) is 5.27. The van der Waals surface area contributed by atoms with Crippen LogP contribution in [0.25, 0.3) is 0 Å². The summed E-state index contributed by atoms with van der Waals surface area (Å²) in [5.74, 6) is 0.990. The van der Waals surface area contributed by atoms with Crippen molar-refractivity contribution in [2.24, 2.45) is 11.3 Å². The Morgan fingerprint density at radius 2 is 1.92 bits per heavy atom. The molecule has 12 heavy (non-hydrogen) atoms. The van der Waals surface area contributed by atoms with Crippen LogP contribution in [0, 0.1) is 11.3 Å². The van der Waals surface area contributed by atoms with Gasteiger partial charge in [0.2, 0.25) is 0 Å². The normalized spacial score (nSPS) is 41.2. The van der Waals surface area contributed by atoms with E-state index in [2.05, 4.69) is 25.8 Å². The Balaban J connectivity index is 2.16. The monoisotopic (exact) mass is 167 g/mol. The molecule has 0 aromatic heterocycles. The average Bonchev–Trinajstić information content (AvgIpc) is 2.12. The van der Waals surface area contributed by atoms with Crippen molar-refractivity contribution in [2.45, 2.75) is 45.6 Å². The topological polar surface area (TPSA) is 3.24 Å². The zero-order valence-corrected chi connectivity index (χ0v) is 8.64. The van der Waals surface area contributed by atoms with Gasteiger partial charge in [0.25, 0.3) is 0 Å². The predicted octanol–water partition coefficient (Wildman–Crippen LogP) is 2.52. The van der Waals surface area contributed by atoms with Crippen LogP contribution in [0.3, 0.4) is 0 Å². The van der Waals surface area contributed by atoms with Gasteiger partial charge in [0.15, 0.2) is 0 Å². The number of fused-ring (bicyclic) bond motifs is 4. The number of hydrogen-bond acceptors (Lipinski definition) is 1. The molecule has 2 saturated heterocycles. The van der Waals surface area contributed by atoms with Crippen LogP contribution in [-0.2, 0) is 0 Å². The maximum Gasteiger partial charge on any atom is 0.00975 e. The van der Waals surface area contributed by atoms with Gasteiger partial charge in [0.05, 0.1) is 0 Å². The summed E-state index contributed by atoms with van der Waals surface area (Å²) in [6, 6.07) is 0.888. The molecule has 3 rings (SSSR count). The Morgan fingerprint density at radius 3 is 2.58 bits per heavy atom. The number of rotatable bonds is 0. The van der Waals surface area contributed by atoms with Crippen LogP contribution < -0.4 is 0 Å². The quantitative estimate of drug-likeness (QED) is 0.536. The minimum atomic E-state index is 0.608. The minimum Gasteiger partial charge on any atom is -0.303 e. The van der Waals surface area contributed by atoms with E-state index in [1.54, 1.807) is 0 Å². The van der Waals surface area contributed by atoms with Crippen molar-refractivity contribution in [2.75, 3.05) is 13.6 Å². The first-order valence-electron chi connectivity index (χ1n) is 5.27. The van der Waals surface area contributed by atoms with Crippen molar-refractivity contribution in [3.05, 3.63) is 0 Å². The molecule has 0 aromatic carbocycles. The van der Waals surface area contributed by atoms with Gasteiger partial charge >= 0.3 is 0 Å². The van der Waals surface area contributed by atoms with Crippen LogP contribution >= 0.6 is 0 Å². The van der Waals surface area contributed by atoms with E-state index in [-0.39, 0.29) is 0 Å². The molecule has 3 aliphatic rings. The van der Waals surface area contributed by atoms with E-state index in [1.807, 2.05) is 0 Å². The highest BCUT2D eigenvalue weighted by molar-refractivity contribution is 4.91. The Labute approximate surface area is 76.1 Å². The lowest BCUT2D eigenvalue weighted by Gasteiger charge is -2.33. The van der Waals surface area contributed by atoms with E-state index in [9.17, 15) is 0 Å². The lowest BCUT2D eigenvalue weighted by Crippen LogP contribution is -2.38. The van der Waals surface area contributed by atoms with Crippen LogP contribution in [0.1, 0.15) is 39.5 Å². The van der Waals surface area contributed by atoms with Gasteiger partial charge in [-0.1, -0.05) is 13.8 Å². The van der Waals surface area contributed by atoms with E-state index in [1.165, 1.54) is 32.2 Å². The van der Waals surface area contributed by atoms with Gasteiger partial charge in [-0.15, -0.1) is 0 Å². The summed E-state index contributed by atoms with van der Waals surface area (Å²) in [5, 5.41) is 0. The highest BCUT2D eigenvalue weighted by atomic mass is 15.1. The fraction of sp³-hybridized carbons (Fsp3) is 1.00. The molecule has 1 saturated carbocycles. The van der Waals surface area contributed by atoms with E-state index < -0.39 is 0 Å². The zero-order chi connectivity index (χ0) is 8.77. The molecule has 2 unspecified atom stereocenters. The molecule has 0 aromatic rings. The number of hydrogen-bond donors (Lipinski definition) is 0. The van der Waals surface area contributed by atoms with E-state index >= 15 is 0 Å². The summed E-state index contributed by atoms with van der Waals surface area (Å²) < 4.78 is 0. The Bertz CT molecular complexity index is 174. The second kappa shape index (κ2) is 2.73. The summed E-state index contributed by atoms with van der Waals surface area (Å²) >= 11 is 0. The molecule has 1 nitrogen and oxygen atoms in total. The summed E-state index contributed by atoms with van der Waals surface area (Å²) in [6.07, 6.45) is 5.80. The Hall–Kier alpha value is -0.0400. The van der Waals surface area contributed by atoms with Gasteiger partial charge in [0, 0.05) is 12.6 Å². The smallest absolute Gasteiger partial charge is 0.00975 e. The summed E-state index contributed by atoms with van der Waals surface area (Å²) in [5.41, 5.74) is 0.608. The third-order valence-corrected chi connectivity index (χ3v) is 3.71. The van der Waals surface area contributed by atoms with Crippen molar-refractivity contribution >= 4 is 0 Å². The molecule has 0 spiro atoms. The van der Waals surface area contributed by atoms with Crippen LogP contribution in [0.5, 0.6) is 0 Å². The lowest BCUT2D eigenvalue weighted by molar-refractivity contribution is 0.155. The predicted molar refractivity (Wildman–Crippen MR) is 52.2 cm³/mol. The van der Waals surface area contributed by atoms with Crippen molar-refractivity contribution < 1.29 is 0 Å². The first kappa shape index (κ1) is 8.55. The van der Waals surface area contributed by atoms with Gasteiger partial charge in [0.1, 0.15) is 0 Å². The molecule has 3 fully saturated rings. The summed E-state index contributed by atoms with van der Waals surface area (Å²) in [6.45, 7) is 6.24. The van der Waals surface area contributed by atoms with Gasteiger partial charge in [-0.05, 0) is 44.1 Å². The van der Waals surface area contributed by atoms with Crippen molar-refractivity contribution in [1.29, 1.82) is 0 Å². The van der Waals surface area contributed by atoms with Crippen molar-refractivity contribution in [1.82, 2.24) is 4.90 Å². The van der Waals surface area contributed by atoms with Crippen molar-refractivity contribution in [3.8, 4) is 0 Å². The third-order valence-electron chi connectivity index (χ3n) is 3.71. The fourth-order valence-corrected chi connectivity index (χ4v) is 3.22. The Morgan fingerprint density at radius 1 is 1.17 bits per heavy atom. The maximum absolute atomic E-state index is 2.59. The molecule has 2 atom stereocenters. The van der Waals surface area contributed by atoms with Crippen LogP contribution in [0.15, 0.2) is 0 Å². The van der Waals surface area contributed by atoms with Gasteiger partial charge in [-0.2, -0.15) is 0 Å². The minimum absolute atomic E-state index is 0.608. The molecule has 2 heterocycles. The summed E-state index contributed by atoms with van der Waals surface area (Å²) in [7, 11) is 2.30. The Kier molecular flexibility index (Phi) is 1.95. The van der Waals surface area contributed by atoms with Gasteiger partial charge in [-0.3, -0.25) is 0 Å². The van der Waals surface area contributed by atoms with Crippen LogP contribution in [0.2, 0.25) is 0 Å². The zero-order valence-electron chi connectivity index (χ0n) is 8.64. The highest BCUT2D eigenvalue weighted by Gasteiger charge is 2.37. The van der Waals surface area contributed by atoms with E-state index in [0.29, 0.717) is 5.41 Å². The number of nitrogens with zero attached hydrogens (tertiary/aromatic N) is 1. The molecule has 0 amide bonds. The van der Waals surface area contributed by atoms with Gasteiger partial charge in [-0.25, -0.2) is 0 Å². The molecular weight excluding hydrogens is 146 g/mol. The van der Waals surface area contributed by atoms with Crippen LogP contribution in [-0.4, -0.2) is 24.5 Å². The van der Waals surface area contributed by atoms with E-state index in [4.69, 9.17) is 0 Å². The van der Waals surface area contributed by atoms with Crippen LogP contribution in [0.4, 0.5) is 0 Å². The molecule has 1 heteroatoms. The SMILES string of the molecule is CN1CC2CCC1CC(C)(C)C2. The van der Waals surface area contributed by atoms with Crippen molar-refractivity contribution in [3.63, 3.8) is 0 Å². The second-order valence-electron chi connectivity index (χ2n) is 5.61. The molecule has 1 aliphatic carbocycles. The first-order chi connectivity index (χ1) is 5.57.